The van der Waals surface area contributed by atoms with Crippen molar-refractivity contribution >= 4 is 39.2 Å². The molecule has 3 aromatic carbocycles. The molecular formula is C28H24ClN7. The van der Waals surface area contributed by atoms with Crippen molar-refractivity contribution < 1.29 is 0 Å². The van der Waals surface area contributed by atoms with E-state index in [0.717, 1.165) is 39.3 Å². The van der Waals surface area contributed by atoms with E-state index in [4.69, 9.17) is 11.6 Å². The maximum Gasteiger partial charge on any atom is 0.186 e. The lowest BCUT2D eigenvalue weighted by Crippen LogP contribution is -2.02. The third-order valence-electron chi connectivity index (χ3n) is 6.17. The predicted octanol–water partition coefficient (Wildman–Crippen LogP) is 5.85. The van der Waals surface area contributed by atoms with Crippen LogP contribution in [0.3, 0.4) is 0 Å². The van der Waals surface area contributed by atoms with Crippen LogP contribution >= 0.6 is 11.6 Å². The maximum atomic E-state index is 6.17. The van der Waals surface area contributed by atoms with Gasteiger partial charge in [-0.1, -0.05) is 54.1 Å². The zero-order valence-electron chi connectivity index (χ0n) is 19.8. The summed E-state index contributed by atoms with van der Waals surface area (Å²) in [6.07, 6.45) is 7.47. The Balaban J connectivity index is 1.16. The zero-order valence-corrected chi connectivity index (χ0v) is 20.5. The molecule has 6 rings (SSSR count). The van der Waals surface area contributed by atoms with Crippen LogP contribution < -0.4 is 5.32 Å². The van der Waals surface area contributed by atoms with Crippen molar-refractivity contribution in [3.8, 4) is 0 Å². The number of nitrogens with zero attached hydrogens (tertiary/aromatic N) is 6. The van der Waals surface area contributed by atoms with Gasteiger partial charge in [0, 0.05) is 24.0 Å². The number of benzene rings is 3. The molecule has 0 aliphatic heterocycles. The molecule has 0 radical (unpaired) electrons. The molecule has 6 aromatic rings. The first-order valence-corrected chi connectivity index (χ1v) is 12.1. The van der Waals surface area contributed by atoms with Crippen LogP contribution in [-0.2, 0) is 19.6 Å². The number of aromatic nitrogens is 6. The Morgan fingerprint density at radius 1 is 0.806 bits per heavy atom. The van der Waals surface area contributed by atoms with Gasteiger partial charge in [0.2, 0.25) is 0 Å². The van der Waals surface area contributed by atoms with Gasteiger partial charge < -0.3 is 5.32 Å². The van der Waals surface area contributed by atoms with Crippen molar-refractivity contribution in [2.75, 3.05) is 5.32 Å². The van der Waals surface area contributed by atoms with Crippen molar-refractivity contribution in [1.82, 2.24) is 29.5 Å². The molecule has 3 aromatic heterocycles. The van der Waals surface area contributed by atoms with Crippen LogP contribution in [0, 0.1) is 6.92 Å². The second-order valence-corrected chi connectivity index (χ2v) is 9.43. The van der Waals surface area contributed by atoms with Crippen molar-refractivity contribution in [3.63, 3.8) is 0 Å². The highest BCUT2D eigenvalue weighted by atomic mass is 35.5. The Bertz CT molecular complexity index is 1670. The number of anilines is 1. The van der Waals surface area contributed by atoms with E-state index in [1.54, 1.807) is 6.33 Å². The molecule has 0 fully saturated rings. The molecule has 0 aliphatic carbocycles. The fourth-order valence-corrected chi connectivity index (χ4v) is 4.53. The van der Waals surface area contributed by atoms with Gasteiger partial charge in [0.15, 0.2) is 5.65 Å². The van der Waals surface area contributed by atoms with Gasteiger partial charge in [0.05, 0.1) is 24.7 Å². The van der Waals surface area contributed by atoms with Crippen molar-refractivity contribution in [2.45, 2.75) is 26.6 Å². The van der Waals surface area contributed by atoms with E-state index in [1.165, 1.54) is 16.5 Å². The number of halogens is 1. The minimum atomic E-state index is 0.636. The number of hydrogen-bond donors (Lipinski definition) is 1. The summed E-state index contributed by atoms with van der Waals surface area (Å²) >= 11 is 6.17. The minimum absolute atomic E-state index is 0.636. The third-order valence-corrected chi connectivity index (χ3v) is 6.40. The lowest BCUT2D eigenvalue weighted by atomic mass is 10.1. The Morgan fingerprint density at radius 2 is 1.56 bits per heavy atom. The van der Waals surface area contributed by atoms with Gasteiger partial charge in [-0.2, -0.15) is 10.2 Å². The first-order valence-electron chi connectivity index (χ1n) is 11.8. The quantitative estimate of drug-likeness (QED) is 0.302. The van der Waals surface area contributed by atoms with E-state index in [1.807, 2.05) is 53.1 Å². The summed E-state index contributed by atoms with van der Waals surface area (Å²) in [6.45, 7) is 4.10. The summed E-state index contributed by atoms with van der Waals surface area (Å²) in [4.78, 5) is 8.83. The van der Waals surface area contributed by atoms with Gasteiger partial charge in [-0.15, -0.1) is 0 Å². The Kier molecular flexibility index (Phi) is 5.83. The molecule has 36 heavy (non-hydrogen) atoms. The molecule has 0 saturated heterocycles. The number of nitrogens with one attached hydrogen (secondary N) is 1. The molecule has 0 unspecified atom stereocenters. The molecule has 0 bridgehead atoms. The first-order chi connectivity index (χ1) is 17.6. The van der Waals surface area contributed by atoms with Gasteiger partial charge in [-0.3, -0.25) is 9.36 Å². The molecule has 0 spiro atoms. The SMILES string of the molecule is Cc1cnn(Cc2ccc(Cn3cc4c(NCc5ccc6ccc(Cl)cc6c5)ncnc4n3)cc2)c1. The lowest BCUT2D eigenvalue weighted by molar-refractivity contribution is 0.681. The standard InChI is InChI=1S/C28H24ClN7/c1-19-12-33-35(14-19)15-20-2-4-21(5-3-20)16-36-17-26-27(31-18-32-28(26)34-36)30-13-22-6-7-23-8-9-25(29)11-24(23)10-22/h2-12,14,17-18H,13,15-16H2,1H3,(H,30,31,32,34). The summed E-state index contributed by atoms with van der Waals surface area (Å²) in [5, 5.41) is 16.4. The number of rotatable bonds is 7. The van der Waals surface area contributed by atoms with Crippen LogP contribution in [0.1, 0.15) is 22.3 Å². The molecule has 178 valence electrons. The average molecular weight is 494 g/mol. The van der Waals surface area contributed by atoms with Gasteiger partial charge in [-0.25, -0.2) is 9.97 Å². The fourth-order valence-electron chi connectivity index (χ4n) is 4.35. The predicted molar refractivity (Wildman–Crippen MR) is 143 cm³/mol. The molecule has 0 atom stereocenters. The van der Waals surface area contributed by atoms with Crippen molar-refractivity contribution in [2.24, 2.45) is 0 Å². The number of fused-ring (bicyclic) bond motifs is 2. The summed E-state index contributed by atoms with van der Waals surface area (Å²) in [5.74, 6) is 0.766. The van der Waals surface area contributed by atoms with E-state index in [0.29, 0.717) is 18.7 Å². The Morgan fingerprint density at radius 3 is 2.33 bits per heavy atom. The van der Waals surface area contributed by atoms with Crippen molar-refractivity contribution in [1.29, 1.82) is 0 Å². The van der Waals surface area contributed by atoms with Crippen LogP contribution in [0.5, 0.6) is 0 Å². The molecule has 1 N–H and O–H groups in total. The van der Waals surface area contributed by atoms with Crippen LogP contribution in [0.2, 0.25) is 5.02 Å². The Labute approximate surface area is 213 Å². The van der Waals surface area contributed by atoms with E-state index in [2.05, 4.69) is 67.9 Å². The van der Waals surface area contributed by atoms with Gasteiger partial charge in [0.25, 0.3) is 0 Å². The van der Waals surface area contributed by atoms with Gasteiger partial charge in [0.1, 0.15) is 12.1 Å². The average Bonchev–Trinajstić information content (AvgIpc) is 3.49. The third kappa shape index (κ3) is 4.78. The highest BCUT2D eigenvalue weighted by Crippen LogP contribution is 2.23. The first kappa shape index (κ1) is 22.2. The van der Waals surface area contributed by atoms with E-state index >= 15 is 0 Å². The maximum absolute atomic E-state index is 6.17. The summed E-state index contributed by atoms with van der Waals surface area (Å²) < 4.78 is 3.86. The molecular weight excluding hydrogens is 470 g/mol. The normalized spacial score (nSPS) is 11.4. The highest BCUT2D eigenvalue weighted by Gasteiger charge is 2.09. The van der Waals surface area contributed by atoms with Crippen LogP contribution in [0.25, 0.3) is 21.8 Å². The number of aryl methyl sites for hydroxylation is 1. The van der Waals surface area contributed by atoms with Gasteiger partial charge in [-0.05, 0) is 58.1 Å². The smallest absolute Gasteiger partial charge is 0.186 e. The largest absolute Gasteiger partial charge is 0.365 e. The van der Waals surface area contributed by atoms with Crippen LogP contribution in [0.4, 0.5) is 5.82 Å². The molecule has 3 heterocycles. The molecule has 8 heteroatoms. The Hall–Kier alpha value is -4.23. The zero-order chi connectivity index (χ0) is 24.5. The van der Waals surface area contributed by atoms with Crippen LogP contribution in [0.15, 0.2) is 85.6 Å². The second kappa shape index (κ2) is 9.43. The molecule has 0 saturated carbocycles. The van der Waals surface area contributed by atoms with E-state index < -0.39 is 0 Å². The molecule has 7 nitrogen and oxygen atoms in total. The summed E-state index contributed by atoms with van der Waals surface area (Å²) in [5.41, 5.74) is 5.36. The fraction of sp³-hybridized carbons (Fsp3) is 0.143. The van der Waals surface area contributed by atoms with Gasteiger partial charge >= 0.3 is 0 Å². The second-order valence-electron chi connectivity index (χ2n) is 9.00. The lowest BCUT2D eigenvalue weighted by Gasteiger charge is -2.07. The summed E-state index contributed by atoms with van der Waals surface area (Å²) in [6, 6.07) is 20.8. The minimum Gasteiger partial charge on any atom is -0.365 e. The van der Waals surface area contributed by atoms with Crippen molar-refractivity contribution in [3.05, 3.63) is 113 Å². The van der Waals surface area contributed by atoms with E-state index in [9.17, 15) is 0 Å². The molecule has 0 aliphatic rings. The summed E-state index contributed by atoms with van der Waals surface area (Å²) in [7, 11) is 0. The topological polar surface area (TPSA) is 73.5 Å². The van der Waals surface area contributed by atoms with E-state index in [-0.39, 0.29) is 0 Å². The number of hydrogen-bond acceptors (Lipinski definition) is 5. The monoisotopic (exact) mass is 493 g/mol. The highest BCUT2D eigenvalue weighted by molar-refractivity contribution is 6.31. The molecule has 0 amide bonds. The van der Waals surface area contributed by atoms with Crippen LogP contribution in [-0.4, -0.2) is 29.5 Å².